The van der Waals surface area contributed by atoms with Gasteiger partial charge in [0.05, 0.1) is 0 Å². The van der Waals surface area contributed by atoms with E-state index < -0.39 is 58.5 Å². The zero-order valence-electron chi connectivity index (χ0n) is 12.6. The molecule has 0 fully saturated rings. The van der Waals surface area contributed by atoms with Crippen LogP contribution in [0.5, 0.6) is 0 Å². The third-order valence-corrected chi connectivity index (χ3v) is 3.97. The van der Waals surface area contributed by atoms with Crippen LogP contribution in [-0.2, 0) is 0 Å². The first-order valence-corrected chi connectivity index (χ1v) is 7.72. The highest BCUT2D eigenvalue weighted by atomic mass is 127. The Balaban J connectivity index is 6.05. The molecule has 1 N–H and O–H groups in total. The Labute approximate surface area is 156 Å². The average Bonchev–Trinajstić information content (AvgIpc) is 2.44. The first kappa shape index (κ1) is 26.5. The van der Waals surface area contributed by atoms with Crippen LogP contribution in [0.3, 0.4) is 0 Å². The number of allylic oxidation sites excluding steroid dienone is 2. The van der Waals surface area contributed by atoms with E-state index in [0.29, 0.717) is 0 Å². The smallest absolute Gasteiger partial charge is 0.396 e. The predicted octanol–water partition coefficient (Wildman–Crippen LogP) is 6.21. The molecule has 0 saturated carbocycles. The minimum absolute atomic E-state index is 0.0334. The lowest BCUT2D eigenvalue weighted by molar-refractivity contribution is -0.436. The maximum atomic E-state index is 13.5. The lowest BCUT2D eigenvalue weighted by Gasteiger charge is -2.39. The molecule has 0 heterocycles. The number of halogens is 14. The molecule has 0 spiro atoms. The monoisotopic (exact) mass is 544 g/mol. The van der Waals surface area contributed by atoms with Gasteiger partial charge in [-0.1, -0.05) is 0 Å². The van der Waals surface area contributed by atoms with Gasteiger partial charge < -0.3 is 5.11 Å². The molecule has 1 nitrogen and oxygen atoms in total. The van der Waals surface area contributed by atoms with Gasteiger partial charge in [-0.3, -0.25) is 0 Å². The number of aliphatic hydroxyl groups excluding tert-OH is 1. The Morgan fingerprint density at radius 3 is 1.44 bits per heavy atom. The highest BCUT2D eigenvalue weighted by Gasteiger charge is 2.90. The van der Waals surface area contributed by atoms with Gasteiger partial charge in [0.1, 0.15) is 0 Å². The fourth-order valence-electron chi connectivity index (χ4n) is 1.55. The summed E-state index contributed by atoms with van der Waals surface area (Å²) in [7, 11) is 0. The topological polar surface area (TPSA) is 20.2 Å². The highest BCUT2D eigenvalue weighted by molar-refractivity contribution is 14.1. The van der Waals surface area contributed by atoms with Crippen molar-refractivity contribution in [1.82, 2.24) is 0 Å². The van der Waals surface area contributed by atoms with Crippen molar-refractivity contribution in [3.05, 3.63) is 9.66 Å². The van der Waals surface area contributed by atoms with E-state index in [-0.39, 0.29) is 12.8 Å². The molecule has 0 aromatic heterocycles. The van der Waals surface area contributed by atoms with E-state index in [0.717, 1.165) is 22.6 Å². The van der Waals surface area contributed by atoms with Gasteiger partial charge in [-0.15, -0.1) is 0 Å². The number of rotatable bonds is 9. The largest absolute Gasteiger partial charge is 0.460 e. The normalized spacial score (nSPS) is 16.0. The Morgan fingerprint density at radius 2 is 1.07 bits per heavy atom. The van der Waals surface area contributed by atoms with Crippen molar-refractivity contribution in [2.45, 2.75) is 55.1 Å². The second kappa shape index (κ2) is 8.10. The summed E-state index contributed by atoms with van der Waals surface area (Å²) in [6.45, 7) is -0.451. The summed E-state index contributed by atoms with van der Waals surface area (Å²) in [5.74, 6) is -36.9. The molecular weight excluding hydrogens is 534 g/mol. The Kier molecular flexibility index (Phi) is 7.96. The second-order valence-corrected chi connectivity index (χ2v) is 6.58. The van der Waals surface area contributed by atoms with Crippen LogP contribution in [0.15, 0.2) is 9.66 Å². The molecule has 0 aromatic rings. The van der Waals surface area contributed by atoms with E-state index in [9.17, 15) is 57.1 Å². The van der Waals surface area contributed by atoms with Crippen LogP contribution in [0.2, 0.25) is 0 Å². The van der Waals surface area contributed by atoms with Gasteiger partial charge >= 0.3 is 35.8 Å². The van der Waals surface area contributed by atoms with Gasteiger partial charge in [-0.05, 0) is 45.4 Å². The van der Waals surface area contributed by atoms with Crippen molar-refractivity contribution in [3.63, 3.8) is 0 Å². The molecule has 0 aromatic carbocycles. The number of aliphatic hydroxyl groups is 1. The third-order valence-electron chi connectivity index (χ3n) is 3.12. The third kappa shape index (κ3) is 4.75. The van der Waals surface area contributed by atoms with Gasteiger partial charge in [0.25, 0.3) is 0 Å². The van der Waals surface area contributed by atoms with Crippen LogP contribution < -0.4 is 0 Å². The molecule has 0 unspecified atom stereocenters. The maximum absolute atomic E-state index is 13.5. The van der Waals surface area contributed by atoms with Crippen molar-refractivity contribution in [3.8, 4) is 0 Å². The summed E-state index contributed by atoms with van der Waals surface area (Å²) >= 11 is 0.930. The molecule has 0 aliphatic carbocycles. The summed E-state index contributed by atoms with van der Waals surface area (Å²) < 4.78 is 166. The SMILES string of the molecule is OCCCCC(I)=CC(F)(F)C(F)(F)C(F)(F)C(F)(F)C(F)(F)C(F)(F)F. The molecule has 0 aliphatic heterocycles. The Bertz CT molecular complexity index is 538. The fourth-order valence-corrected chi connectivity index (χ4v) is 2.32. The van der Waals surface area contributed by atoms with E-state index in [4.69, 9.17) is 5.11 Å². The molecule has 15 heteroatoms. The van der Waals surface area contributed by atoms with Crippen LogP contribution in [0.1, 0.15) is 19.3 Å². The van der Waals surface area contributed by atoms with Crippen LogP contribution in [0, 0.1) is 0 Å². The van der Waals surface area contributed by atoms with Crippen molar-refractivity contribution >= 4 is 22.6 Å². The summed E-state index contributed by atoms with van der Waals surface area (Å²) in [5, 5.41) is 8.44. The van der Waals surface area contributed by atoms with Crippen LogP contribution in [-0.4, -0.2) is 47.5 Å². The fraction of sp³-hybridized carbons (Fsp3) is 0.833. The van der Waals surface area contributed by atoms with Gasteiger partial charge in [-0.25, -0.2) is 0 Å². The molecular formula is C12H10F13IO. The van der Waals surface area contributed by atoms with Crippen molar-refractivity contribution in [2.24, 2.45) is 0 Å². The molecule has 162 valence electrons. The van der Waals surface area contributed by atoms with Crippen molar-refractivity contribution in [1.29, 1.82) is 0 Å². The zero-order chi connectivity index (χ0) is 22.1. The van der Waals surface area contributed by atoms with Crippen molar-refractivity contribution < 1.29 is 62.2 Å². The lowest BCUT2D eigenvalue weighted by Crippen LogP contribution is -2.69. The highest BCUT2D eigenvalue weighted by Crippen LogP contribution is 2.60. The molecule has 0 amide bonds. The Morgan fingerprint density at radius 1 is 0.667 bits per heavy atom. The van der Waals surface area contributed by atoms with Crippen LogP contribution in [0.4, 0.5) is 57.1 Å². The van der Waals surface area contributed by atoms with Gasteiger partial charge in [-0.2, -0.15) is 57.1 Å². The molecule has 0 rings (SSSR count). The quantitative estimate of drug-likeness (QED) is 0.208. The average molecular weight is 544 g/mol. The van der Waals surface area contributed by atoms with Gasteiger partial charge in [0.2, 0.25) is 0 Å². The van der Waals surface area contributed by atoms with E-state index in [2.05, 4.69) is 0 Å². The predicted molar refractivity (Wildman–Crippen MR) is 73.8 cm³/mol. The molecule has 27 heavy (non-hydrogen) atoms. The van der Waals surface area contributed by atoms with E-state index in [1.54, 1.807) is 0 Å². The Hall–Kier alpha value is -0.480. The molecule has 0 saturated heterocycles. The van der Waals surface area contributed by atoms with E-state index >= 15 is 0 Å². The molecule has 0 aliphatic rings. The van der Waals surface area contributed by atoms with Crippen molar-refractivity contribution in [2.75, 3.05) is 6.61 Å². The molecule has 0 bridgehead atoms. The van der Waals surface area contributed by atoms with E-state index in [1.807, 2.05) is 0 Å². The zero-order valence-corrected chi connectivity index (χ0v) is 14.8. The number of alkyl halides is 13. The first-order valence-electron chi connectivity index (χ1n) is 6.64. The van der Waals surface area contributed by atoms with Crippen LogP contribution >= 0.6 is 22.6 Å². The molecule has 0 radical (unpaired) electrons. The summed E-state index contributed by atoms with van der Waals surface area (Å²) in [5.41, 5.74) is 0. The number of unbranched alkanes of at least 4 members (excludes halogenated alkanes) is 1. The number of hydrogen-bond donors (Lipinski definition) is 1. The lowest BCUT2D eigenvalue weighted by atomic mass is 9.93. The minimum Gasteiger partial charge on any atom is -0.396 e. The standard InChI is InChI=1S/C12H10F13IO/c13-7(14,5-6(26)3-1-2-4-27)8(15,16)9(17,18)10(19,20)11(21,22)12(23,24)25/h5,27H,1-4H2. The van der Waals surface area contributed by atoms with Crippen LogP contribution in [0.25, 0.3) is 0 Å². The second-order valence-electron chi connectivity index (χ2n) is 5.19. The maximum Gasteiger partial charge on any atom is 0.460 e. The summed E-state index contributed by atoms with van der Waals surface area (Å²) in [6.07, 6.45) is -9.01. The molecule has 0 atom stereocenters. The summed E-state index contributed by atoms with van der Waals surface area (Å²) in [4.78, 5) is 0. The van der Waals surface area contributed by atoms with Gasteiger partial charge in [0.15, 0.2) is 0 Å². The first-order chi connectivity index (χ1) is 11.7. The minimum atomic E-state index is -7.89. The number of hydrogen-bond acceptors (Lipinski definition) is 1. The summed E-state index contributed by atoms with van der Waals surface area (Å²) in [6, 6.07) is 0. The van der Waals surface area contributed by atoms with E-state index in [1.165, 1.54) is 0 Å². The van der Waals surface area contributed by atoms with Gasteiger partial charge in [0, 0.05) is 12.7 Å².